The van der Waals surface area contributed by atoms with Crippen molar-refractivity contribution in [2.45, 2.75) is 13.0 Å². The summed E-state index contributed by atoms with van der Waals surface area (Å²) in [4.78, 5) is 24.0. The van der Waals surface area contributed by atoms with Gasteiger partial charge in [0.15, 0.2) is 11.5 Å². The standard InChI is InChI=1S/C23H20N2O6/c1-2-28-23(27)16-9-7-15(8-10-16)18-12-11-17(30-18)13-24-25-22(26)21-14-29-19-5-3-4-6-20(19)31-21/h3-13,21H,2,14H2,1H3,(H,25,26)/b24-13-/t21-/m1/s1. The summed E-state index contributed by atoms with van der Waals surface area (Å²) >= 11 is 0. The molecule has 0 saturated carbocycles. The summed E-state index contributed by atoms with van der Waals surface area (Å²) in [5.74, 6) is 1.38. The van der Waals surface area contributed by atoms with Crippen LogP contribution in [0.2, 0.25) is 0 Å². The lowest BCUT2D eigenvalue weighted by molar-refractivity contribution is -0.130. The van der Waals surface area contributed by atoms with Crippen LogP contribution in [0.25, 0.3) is 11.3 Å². The molecule has 3 aromatic rings. The second-order valence-electron chi connectivity index (χ2n) is 6.60. The normalized spacial score (nSPS) is 14.9. The van der Waals surface area contributed by atoms with Crippen LogP contribution in [0, 0.1) is 0 Å². The summed E-state index contributed by atoms with van der Waals surface area (Å²) in [7, 11) is 0. The predicted octanol–water partition coefficient (Wildman–Crippen LogP) is 3.41. The number of hydrogen-bond acceptors (Lipinski definition) is 7. The average Bonchev–Trinajstić information content (AvgIpc) is 3.28. The summed E-state index contributed by atoms with van der Waals surface area (Å²) in [6.45, 7) is 2.19. The molecule has 2 aromatic carbocycles. The van der Waals surface area contributed by atoms with E-state index >= 15 is 0 Å². The van der Waals surface area contributed by atoms with Gasteiger partial charge >= 0.3 is 5.97 Å². The maximum absolute atomic E-state index is 12.3. The van der Waals surface area contributed by atoms with Gasteiger partial charge in [-0.2, -0.15) is 5.10 Å². The van der Waals surface area contributed by atoms with E-state index in [2.05, 4.69) is 10.5 Å². The largest absolute Gasteiger partial charge is 0.485 e. The Labute approximate surface area is 178 Å². The van der Waals surface area contributed by atoms with Gasteiger partial charge in [0.05, 0.1) is 18.4 Å². The Kier molecular flexibility index (Phi) is 5.98. The minimum absolute atomic E-state index is 0.102. The lowest BCUT2D eigenvalue weighted by Gasteiger charge is -2.24. The van der Waals surface area contributed by atoms with Gasteiger partial charge in [-0.1, -0.05) is 24.3 Å². The molecular weight excluding hydrogens is 400 g/mol. The van der Waals surface area contributed by atoms with Gasteiger partial charge in [0.25, 0.3) is 5.91 Å². The first-order chi connectivity index (χ1) is 15.1. The molecule has 1 atom stereocenters. The summed E-state index contributed by atoms with van der Waals surface area (Å²) in [6, 6.07) is 17.5. The number of fused-ring (bicyclic) bond motifs is 1. The lowest BCUT2D eigenvalue weighted by Crippen LogP contribution is -2.42. The molecule has 8 heteroatoms. The van der Waals surface area contributed by atoms with Crippen molar-refractivity contribution in [1.82, 2.24) is 5.43 Å². The number of ether oxygens (including phenoxy) is 3. The van der Waals surface area contributed by atoms with Crippen LogP contribution in [0.5, 0.6) is 11.5 Å². The second-order valence-corrected chi connectivity index (χ2v) is 6.60. The highest BCUT2D eigenvalue weighted by Crippen LogP contribution is 2.30. The molecule has 0 radical (unpaired) electrons. The van der Waals surface area contributed by atoms with Gasteiger partial charge in [-0.25, -0.2) is 10.2 Å². The van der Waals surface area contributed by atoms with E-state index in [9.17, 15) is 9.59 Å². The molecule has 0 fully saturated rings. The molecule has 0 saturated heterocycles. The quantitative estimate of drug-likeness (QED) is 0.373. The van der Waals surface area contributed by atoms with Gasteiger partial charge in [-0.3, -0.25) is 4.79 Å². The van der Waals surface area contributed by atoms with E-state index in [-0.39, 0.29) is 12.6 Å². The van der Waals surface area contributed by atoms with Crippen molar-refractivity contribution in [2.24, 2.45) is 5.10 Å². The van der Waals surface area contributed by atoms with Crippen LogP contribution in [0.4, 0.5) is 0 Å². The van der Waals surface area contributed by atoms with Gasteiger partial charge in [0.2, 0.25) is 6.10 Å². The monoisotopic (exact) mass is 420 g/mol. The average molecular weight is 420 g/mol. The van der Waals surface area contributed by atoms with Crippen molar-refractivity contribution >= 4 is 18.1 Å². The number of carbonyl (C=O) groups is 2. The Balaban J connectivity index is 1.34. The van der Waals surface area contributed by atoms with Crippen molar-refractivity contribution in [2.75, 3.05) is 13.2 Å². The molecule has 1 aliphatic rings. The minimum Gasteiger partial charge on any atom is -0.485 e. The number of hydrazone groups is 1. The first-order valence-electron chi connectivity index (χ1n) is 9.73. The van der Waals surface area contributed by atoms with E-state index in [4.69, 9.17) is 18.6 Å². The number of carbonyl (C=O) groups excluding carboxylic acids is 2. The van der Waals surface area contributed by atoms with Gasteiger partial charge in [-0.05, 0) is 43.3 Å². The Hall–Kier alpha value is -4.07. The molecule has 1 N–H and O–H groups in total. The molecule has 1 aromatic heterocycles. The van der Waals surface area contributed by atoms with E-state index < -0.39 is 12.0 Å². The molecule has 1 aliphatic heterocycles. The third kappa shape index (κ3) is 4.75. The van der Waals surface area contributed by atoms with E-state index in [1.165, 1.54) is 6.21 Å². The molecule has 1 amide bonds. The smallest absolute Gasteiger partial charge is 0.338 e. The molecule has 8 nitrogen and oxygen atoms in total. The summed E-state index contributed by atoms with van der Waals surface area (Å²) in [5.41, 5.74) is 3.69. The molecule has 4 rings (SSSR count). The number of nitrogens with zero attached hydrogens (tertiary/aromatic N) is 1. The van der Waals surface area contributed by atoms with E-state index in [0.29, 0.717) is 35.2 Å². The fraction of sp³-hybridized carbons (Fsp3) is 0.174. The van der Waals surface area contributed by atoms with Gasteiger partial charge in [0.1, 0.15) is 18.1 Å². The van der Waals surface area contributed by atoms with Crippen LogP contribution in [-0.2, 0) is 9.53 Å². The number of nitrogens with one attached hydrogen (secondary N) is 1. The van der Waals surface area contributed by atoms with Crippen molar-refractivity contribution in [3.8, 4) is 22.8 Å². The third-order valence-electron chi connectivity index (χ3n) is 4.47. The Bertz CT molecular complexity index is 1100. The van der Waals surface area contributed by atoms with E-state index in [0.717, 1.165) is 5.56 Å². The van der Waals surface area contributed by atoms with Crippen molar-refractivity contribution < 1.29 is 28.2 Å². The molecule has 0 bridgehead atoms. The first-order valence-corrected chi connectivity index (χ1v) is 9.73. The molecule has 2 heterocycles. The zero-order valence-electron chi connectivity index (χ0n) is 16.7. The van der Waals surface area contributed by atoms with E-state index in [1.54, 1.807) is 61.5 Å². The van der Waals surface area contributed by atoms with Crippen molar-refractivity contribution in [3.05, 3.63) is 72.0 Å². The fourth-order valence-electron chi connectivity index (χ4n) is 2.94. The highest BCUT2D eigenvalue weighted by molar-refractivity contribution is 5.90. The lowest BCUT2D eigenvalue weighted by atomic mass is 10.1. The van der Waals surface area contributed by atoms with Crippen LogP contribution >= 0.6 is 0 Å². The van der Waals surface area contributed by atoms with Gasteiger partial charge < -0.3 is 18.6 Å². The second kappa shape index (κ2) is 9.17. The number of furan rings is 1. The topological polar surface area (TPSA) is 99.4 Å². The fourth-order valence-corrected chi connectivity index (χ4v) is 2.94. The SMILES string of the molecule is CCOC(=O)c1ccc(-c2ccc(/C=N\NC(=O)[C@H]3COc4ccccc4O3)o2)cc1. The number of para-hydroxylation sites is 2. The van der Waals surface area contributed by atoms with Crippen LogP contribution in [0.3, 0.4) is 0 Å². The van der Waals surface area contributed by atoms with Gasteiger partial charge in [0, 0.05) is 5.56 Å². The molecule has 0 spiro atoms. The number of esters is 1. The van der Waals surface area contributed by atoms with Crippen molar-refractivity contribution in [1.29, 1.82) is 0 Å². The molecular formula is C23H20N2O6. The summed E-state index contributed by atoms with van der Waals surface area (Å²) < 4.78 is 21.8. The number of amides is 1. The van der Waals surface area contributed by atoms with Gasteiger partial charge in [-0.15, -0.1) is 0 Å². The zero-order chi connectivity index (χ0) is 21.6. The molecule has 158 valence electrons. The maximum Gasteiger partial charge on any atom is 0.338 e. The maximum atomic E-state index is 12.3. The van der Waals surface area contributed by atoms with Crippen molar-refractivity contribution in [3.63, 3.8) is 0 Å². The number of hydrogen-bond donors (Lipinski definition) is 1. The number of rotatable bonds is 6. The Morgan fingerprint density at radius 3 is 2.65 bits per heavy atom. The Morgan fingerprint density at radius 2 is 1.87 bits per heavy atom. The zero-order valence-corrected chi connectivity index (χ0v) is 16.7. The predicted molar refractivity (Wildman–Crippen MR) is 112 cm³/mol. The summed E-state index contributed by atoms with van der Waals surface area (Å²) in [5, 5.41) is 3.92. The highest BCUT2D eigenvalue weighted by Gasteiger charge is 2.27. The summed E-state index contributed by atoms with van der Waals surface area (Å²) in [6.07, 6.45) is 0.601. The first kappa shape index (κ1) is 20.2. The highest BCUT2D eigenvalue weighted by atomic mass is 16.6. The van der Waals surface area contributed by atoms with Crippen LogP contribution in [0.1, 0.15) is 23.0 Å². The Morgan fingerprint density at radius 1 is 1.10 bits per heavy atom. The minimum atomic E-state index is -0.794. The van der Waals surface area contributed by atoms with E-state index in [1.807, 2.05) is 6.07 Å². The third-order valence-corrected chi connectivity index (χ3v) is 4.47. The van der Waals surface area contributed by atoms with Crippen LogP contribution in [-0.4, -0.2) is 37.4 Å². The molecule has 0 aliphatic carbocycles. The molecule has 31 heavy (non-hydrogen) atoms. The van der Waals surface area contributed by atoms with Crippen LogP contribution in [0.15, 0.2) is 70.2 Å². The number of benzene rings is 2. The van der Waals surface area contributed by atoms with Crippen LogP contribution < -0.4 is 14.9 Å². The molecule has 0 unspecified atom stereocenters.